The number of nitrogens with one attached hydrogen (secondary N) is 2. The molecule has 108 valence electrons. The zero-order chi connectivity index (χ0) is 14.5. The van der Waals surface area contributed by atoms with Gasteiger partial charge in [0.1, 0.15) is 5.76 Å². The van der Waals surface area contributed by atoms with Crippen molar-refractivity contribution in [1.82, 2.24) is 10.6 Å². The molecule has 4 nitrogen and oxygen atoms in total. The number of carbonyl (C=O) groups excluding carboxylic acids is 1. The summed E-state index contributed by atoms with van der Waals surface area (Å²) in [6.07, 6.45) is 3.52. The van der Waals surface area contributed by atoms with E-state index in [9.17, 15) is 4.79 Å². The Labute approximate surface area is 116 Å². The van der Waals surface area contributed by atoms with E-state index in [1.54, 1.807) is 6.26 Å². The van der Waals surface area contributed by atoms with Crippen LogP contribution in [0.5, 0.6) is 0 Å². The van der Waals surface area contributed by atoms with Crippen molar-refractivity contribution in [2.75, 3.05) is 0 Å². The highest BCUT2D eigenvalue weighted by Gasteiger charge is 2.20. The van der Waals surface area contributed by atoms with Crippen molar-refractivity contribution in [3.05, 3.63) is 24.2 Å². The van der Waals surface area contributed by atoms with Crippen LogP contribution in [0.25, 0.3) is 0 Å². The molecule has 2 N–H and O–H groups in total. The monoisotopic (exact) mass is 266 g/mol. The zero-order valence-corrected chi connectivity index (χ0v) is 12.6. The average molecular weight is 266 g/mol. The van der Waals surface area contributed by atoms with Crippen LogP contribution in [0.4, 0.5) is 0 Å². The number of carbonyl (C=O) groups is 1. The third-order valence-corrected chi connectivity index (χ3v) is 2.83. The minimum atomic E-state index is -0.190. The molecular weight excluding hydrogens is 240 g/mol. The highest BCUT2D eigenvalue weighted by atomic mass is 16.3. The molecule has 2 atom stereocenters. The molecule has 0 saturated carbocycles. The van der Waals surface area contributed by atoms with Crippen LogP contribution in [0.15, 0.2) is 22.8 Å². The Balaban J connectivity index is 2.31. The zero-order valence-electron chi connectivity index (χ0n) is 12.6. The minimum Gasteiger partial charge on any atom is -0.469 e. The number of amides is 1. The number of furan rings is 1. The summed E-state index contributed by atoms with van der Waals surface area (Å²) in [4.78, 5) is 11.9. The van der Waals surface area contributed by atoms with Gasteiger partial charge in [0.15, 0.2) is 0 Å². The number of hydrogen-bond donors (Lipinski definition) is 2. The van der Waals surface area contributed by atoms with Gasteiger partial charge in [0.2, 0.25) is 5.91 Å². The maximum Gasteiger partial charge on any atom is 0.237 e. The quantitative estimate of drug-likeness (QED) is 0.831. The second-order valence-electron chi connectivity index (χ2n) is 6.15. The van der Waals surface area contributed by atoms with Gasteiger partial charge in [-0.15, -0.1) is 0 Å². The van der Waals surface area contributed by atoms with Gasteiger partial charge in [0, 0.05) is 18.0 Å². The molecule has 2 unspecified atom stereocenters. The molecule has 0 fully saturated rings. The smallest absolute Gasteiger partial charge is 0.237 e. The molecule has 0 bridgehead atoms. The Hall–Kier alpha value is -1.29. The second kappa shape index (κ2) is 6.75. The van der Waals surface area contributed by atoms with Gasteiger partial charge >= 0.3 is 0 Å². The van der Waals surface area contributed by atoms with E-state index < -0.39 is 0 Å². The van der Waals surface area contributed by atoms with Crippen LogP contribution in [0, 0.1) is 0 Å². The maximum absolute atomic E-state index is 11.9. The molecule has 0 saturated heterocycles. The SMILES string of the molecule is CC(CCc1ccco1)NC(C)C(=O)NC(C)(C)C. The van der Waals surface area contributed by atoms with E-state index in [0.717, 1.165) is 18.6 Å². The first-order chi connectivity index (χ1) is 8.78. The Morgan fingerprint density at radius 3 is 2.58 bits per heavy atom. The largest absolute Gasteiger partial charge is 0.469 e. The average Bonchev–Trinajstić information content (AvgIpc) is 2.76. The molecule has 0 aliphatic rings. The summed E-state index contributed by atoms with van der Waals surface area (Å²) in [6, 6.07) is 3.95. The standard InChI is InChI=1S/C15H26N2O2/c1-11(8-9-13-7-6-10-19-13)16-12(2)14(18)17-15(3,4)5/h6-7,10-12,16H,8-9H2,1-5H3,(H,17,18). The van der Waals surface area contributed by atoms with Crippen molar-refractivity contribution in [2.24, 2.45) is 0 Å². The van der Waals surface area contributed by atoms with E-state index in [2.05, 4.69) is 17.6 Å². The van der Waals surface area contributed by atoms with E-state index >= 15 is 0 Å². The first-order valence-electron chi connectivity index (χ1n) is 6.88. The summed E-state index contributed by atoms with van der Waals surface area (Å²) in [6.45, 7) is 9.93. The summed E-state index contributed by atoms with van der Waals surface area (Å²) in [5.41, 5.74) is -0.190. The summed E-state index contributed by atoms with van der Waals surface area (Å²) in [5.74, 6) is 1.03. The van der Waals surface area contributed by atoms with Crippen LogP contribution >= 0.6 is 0 Å². The fraction of sp³-hybridized carbons (Fsp3) is 0.667. The predicted octanol–water partition coefficient (Wildman–Crippen LogP) is 2.49. The van der Waals surface area contributed by atoms with Crippen molar-refractivity contribution in [2.45, 2.75) is 65.1 Å². The summed E-state index contributed by atoms with van der Waals surface area (Å²) in [5, 5.41) is 6.28. The fourth-order valence-corrected chi connectivity index (χ4v) is 1.88. The molecule has 1 aromatic rings. The van der Waals surface area contributed by atoms with E-state index in [1.807, 2.05) is 39.8 Å². The lowest BCUT2D eigenvalue weighted by atomic mass is 10.1. The molecule has 1 aromatic heterocycles. The van der Waals surface area contributed by atoms with Gasteiger partial charge in [-0.2, -0.15) is 0 Å². The van der Waals surface area contributed by atoms with Crippen LogP contribution < -0.4 is 10.6 Å². The normalized spacial score (nSPS) is 15.0. The van der Waals surface area contributed by atoms with Crippen molar-refractivity contribution >= 4 is 5.91 Å². The predicted molar refractivity (Wildman–Crippen MR) is 77.0 cm³/mol. The lowest BCUT2D eigenvalue weighted by Crippen LogP contribution is -2.51. The Bertz CT molecular complexity index is 379. The van der Waals surface area contributed by atoms with Gasteiger partial charge in [-0.1, -0.05) is 0 Å². The number of rotatable bonds is 6. The van der Waals surface area contributed by atoms with Gasteiger partial charge in [-0.25, -0.2) is 0 Å². The van der Waals surface area contributed by atoms with Crippen molar-refractivity contribution in [3.8, 4) is 0 Å². The van der Waals surface area contributed by atoms with Crippen LogP contribution in [-0.4, -0.2) is 23.5 Å². The van der Waals surface area contributed by atoms with Crippen LogP contribution in [-0.2, 0) is 11.2 Å². The minimum absolute atomic E-state index is 0.0392. The first-order valence-corrected chi connectivity index (χ1v) is 6.88. The number of aryl methyl sites for hydroxylation is 1. The second-order valence-corrected chi connectivity index (χ2v) is 6.15. The van der Waals surface area contributed by atoms with E-state index in [0.29, 0.717) is 0 Å². The molecule has 1 rings (SSSR count). The van der Waals surface area contributed by atoms with Crippen molar-refractivity contribution in [3.63, 3.8) is 0 Å². The molecule has 1 amide bonds. The van der Waals surface area contributed by atoms with Gasteiger partial charge in [0.25, 0.3) is 0 Å². The molecule has 4 heteroatoms. The third-order valence-electron chi connectivity index (χ3n) is 2.83. The lowest BCUT2D eigenvalue weighted by molar-refractivity contribution is -0.124. The van der Waals surface area contributed by atoms with E-state index in [-0.39, 0.29) is 23.5 Å². The number of hydrogen-bond acceptors (Lipinski definition) is 3. The van der Waals surface area contributed by atoms with Crippen molar-refractivity contribution < 1.29 is 9.21 Å². The molecule has 0 aromatic carbocycles. The van der Waals surface area contributed by atoms with E-state index in [4.69, 9.17) is 4.42 Å². The summed E-state index contributed by atoms with van der Waals surface area (Å²) < 4.78 is 5.30. The molecule has 0 spiro atoms. The van der Waals surface area contributed by atoms with E-state index in [1.165, 1.54) is 0 Å². The van der Waals surface area contributed by atoms with Gasteiger partial charge in [-0.3, -0.25) is 4.79 Å². The van der Waals surface area contributed by atoms with Crippen LogP contribution in [0.2, 0.25) is 0 Å². The summed E-state index contributed by atoms with van der Waals surface area (Å²) in [7, 11) is 0. The molecular formula is C15H26N2O2. The van der Waals surface area contributed by atoms with Crippen LogP contribution in [0.1, 0.15) is 46.8 Å². The Morgan fingerprint density at radius 2 is 2.05 bits per heavy atom. The lowest BCUT2D eigenvalue weighted by Gasteiger charge is -2.25. The van der Waals surface area contributed by atoms with Gasteiger partial charge in [-0.05, 0) is 53.2 Å². The van der Waals surface area contributed by atoms with Gasteiger partial charge < -0.3 is 15.1 Å². The molecule has 19 heavy (non-hydrogen) atoms. The molecule has 0 aliphatic carbocycles. The fourth-order valence-electron chi connectivity index (χ4n) is 1.88. The maximum atomic E-state index is 11.9. The third kappa shape index (κ3) is 6.43. The van der Waals surface area contributed by atoms with Crippen LogP contribution in [0.3, 0.4) is 0 Å². The van der Waals surface area contributed by atoms with Crippen molar-refractivity contribution in [1.29, 1.82) is 0 Å². The molecule has 0 aliphatic heterocycles. The van der Waals surface area contributed by atoms with Gasteiger partial charge in [0.05, 0.1) is 12.3 Å². The molecule has 0 radical (unpaired) electrons. The highest BCUT2D eigenvalue weighted by molar-refractivity contribution is 5.81. The Morgan fingerprint density at radius 1 is 1.37 bits per heavy atom. The first kappa shape index (κ1) is 15.8. The Kier molecular flexibility index (Phi) is 5.60. The highest BCUT2D eigenvalue weighted by Crippen LogP contribution is 2.06. The summed E-state index contributed by atoms with van der Waals surface area (Å²) >= 11 is 0. The molecule has 1 heterocycles. The topological polar surface area (TPSA) is 54.3 Å².